The van der Waals surface area contributed by atoms with Crippen LogP contribution in [0.1, 0.15) is 59.8 Å². The summed E-state index contributed by atoms with van der Waals surface area (Å²) in [4.78, 5) is 14.4. The molecule has 1 aliphatic carbocycles. The first-order chi connectivity index (χ1) is 8.33. The van der Waals surface area contributed by atoms with Crippen LogP contribution in [-0.2, 0) is 4.79 Å². The van der Waals surface area contributed by atoms with Crippen LogP contribution in [0.2, 0.25) is 0 Å². The Balaban J connectivity index is 2.45. The Hall–Kier alpha value is -0.570. The van der Waals surface area contributed by atoms with Crippen LogP contribution in [0.5, 0.6) is 0 Å². The molecule has 0 bridgehead atoms. The third-order valence-electron chi connectivity index (χ3n) is 3.69. The van der Waals surface area contributed by atoms with Crippen molar-refractivity contribution in [3.05, 3.63) is 0 Å². The molecule has 1 rings (SSSR count). The molecule has 0 radical (unpaired) electrons. The summed E-state index contributed by atoms with van der Waals surface area (Å²) in [6, 6.07) is 0.475. The van der Waals surface area contributed by atoms with Gasteiger partial charge in [0.1, 0.15) is 0 Å². The summed E-state index contributed by atoms with van der Waals surface area (Å²) in [7, 11) is 0. The van der Waals surface area contributed by atoms with Gasteiger partial charge >= 0.3 is 0 Å². The van der Waals surface area contributed by atoms with Crippen molar-refractivity contribution in [1.29, 1.82) is 0 Å². The quantitative estimate of drug-likeness (QED) is 0.792. The molecule has 0 aromatic carbocycles. The van der Waals surface area contributed by atoms with Crippen LogP contribution in [0.4, 0.5) is 0 Å². The number of rotatable bonds is 6. The number of carbonyl (C=O) groups is 1. The van der Waals surface area contributed by atoms with Gasteiger partial charge in [-0.2, -0.15) is 0 Å². The average Bonchev–Trinajstić information content (AvgIpc) is 2.10. The molecule has 1 atom stereocenters. The van der Waals surface area contributed by atoms with Gasteiger partial charge in [0.15, 0.2) is 0 Å². The Morgan fingerprint density at radius 2 is 2.00 bits per heavy atom. The first-order valence-electron chi connectivity index (χ1n) is 7.33. The molecule has 18 heavy (non-hydrogen) atoms. The highest BCUT2D eigenvalue weighted by Gasteiger charge is 2.29. The fourth-order valence-electron chi connectivity index (χ4n) is 2.88. The van der Waals surface area contributed by atoms with Crippen LogP contribution in [-0.4, -0.2) is 29.9 Å². The lowest BCUT2D eigenvalue weighted by Crippen LogP contribution is -2.47. The van der Waals surface area contributed by atoms with Crippen LogP contribution in [0, 0.1) is 11.3 Å². The van der Waals surface area contributed by atoms with E-state index in [1.807, 2.05) is 4.90 Å². The minimum atomic E-state index is 0.300. The highest BCUT2D eigenvalue weighted by Crippen LogP contribution is 2.29. The summed E-state index contributed by atoms with van der Waals surface area (Å²) in [5, 5.41) is 0. The van der Waals surface area contributed by atoms with Gasteiger partial charge in [-0.3, -0.25) is 4.79 Å². The summed E-state index contributed by atoms with van der Waals surface area (Å²) < 4.78 is 0. The SMILES string of the molecule is CC(CC(=O)N(CCN)C1CCC1)CC(C)(C)C. The number of nitrogens with two attached hydrogens (primary N) is 1. The molecule has 1 saturated carbocycles. The molecule has 1 aliphatic rings. The number of amides is 1. The van der Waals surface area contributed by atoms with Gasteiger partial charge in [0.25, 0.3) is 0 Å². The van der Waals surface area contributed by atoms with Crippen LogP contribution < -0.4 is 5.73 Å². The van der Waals surface area contributed by atoms with E-state index in [0.717, 1.165) is 13.0 Å². The topological polar surface area (TPSA) is 46.3 Å². The maximum Gasteiger partial charge on any atom is 0.223 e. The van der Waals surface area contributed by atoms with Gasteiger partial charge in [0, 0.05) is 25.6 Å². The van der Waals surface area contributed by atoms with Crippen molar-refractivity contribution in [2.45, 2.75) is 65.8 Å². The van der Waals surface area contributed by atoms with Gasteiger partial charge in [-0.15, -0.1) is 0 Å². The van der Waals surface area contributed by atoms with E-state index < -0.39 is 0 Å². The summed E-state index contributed by atoms with van der Waals surface area (Å²) in [5.74, 6) is 0.764. The molecule has 0 aliphatic heterocycles. The van der Waals surface area contributed by atoms with Crippen molar-refractivity contribution in [3.8, 4) is 0 Å². The molecule has 0 aromatic rings. The predicted molar refractivity (Wildman–Crippen MR) is 76.3 cm³/mol. The van der Waals surface area contributed by atoms with Crippen molar-refractivity contribution < 1.29 is 4.79 Å². The molecule has 106 valence electrons. The summed E-state index contributed by atoms with van der Waals surface area (Å²) in [6.07, 6.45) is 5.36. The molecule has 0 spiro atoms. The third-order valence-corrected chi connectivity index (χ3v) is 3.69. The Labute approximate surface area is 112 Å². The fraction of sp³-hybridized carbons (Fsp3) is 0.933. The van der Waals surface area contributed by atoms with Crippen molar-refractivity contribution >= 4 is 5.91 Å². The fourth-order valence-corrected chi connectivity index (χ4v) is 2.88. The van der Waals surface area contributed by atoms with E-state index in [0.29, 0.717) is 36.2 Å². The van der Waals surface area contributed by atoms with Crippen molar-refractivity contribution in [1.82, 2.24) is 4.90 Å². The molecule has 2 N–H and O–H groups in total. The van der Waals surface area contributed by atoms with Crippen molar-refractivity contribution in [2.24, 2.45) is 17.1 Å². The number of carbonyl (C=O) groups excluding carboxylic acids is 1. The van der Waals surface area contributed by atoms with Crippen LogP contribution >= 0.6 is 0 Å². The lowest BCUT2D eigenvalue weighted by Gasteiger charge is -2.38. The first-order valence-corrected chi connectivity index (χ1v) is 7.33. The molecule has 1 unspecified atom stereocenters. The zero-order valence-electron chi connectivity index (χ0n) is 12.5. The lowest BCUT2D eigenvalue weighted by atomic mass is 9.83. The minimum absolute atomic E-state index is 0.300. The Morgan fingerprint density at radius 3 is 2.39 bits per heavy atom. The van der Waals surface area contributed by atoms with Crippen LogP contribution in [0.25, 0.3) is 0 Å². The normalized spacial score (nSPS) is 18.3. The average molecular weight is 254 g/mol. The Morgan fingerprint density at radius 1 is 1.39 bits per heavy atom. The number of nitrogens with zero attached hydrogens (tertiary/aromatic N) is 1. The zero-order valence-corrected chi connectivity index (χ0v) is 12.5. The maximum atomic E-state index is 12.3. The molecular weight excluding hydrogens is 224 g/mol. The third kappa shape index (κ3) is 4.97. The van der Waals surface area contributed by atoms with E-state index in [4.69, 9.17) is 5.73 Å². The minimum Gasteiger partial charge on any atom is -0.338 e. The summed E-state index contributed by atoms with van der Waals surface area (Å²) in [5.41, 5.74) is 5.92. The van der Waals surface area contributed by atoms with Gasteiger partial charge in [-0.1, -0.05) is 27.7 Å². The smallest absolute Gasteiger partial charge is 0.223 e. The van der Waals surface area contributed by atoms with Gasteiger partial charge in [0.05, 0.1) is 0 Å². The number of hydrogen-bond donors (Lipinski definition) is 1. The van der Waals surface area contributed by atoms with E-state index >= 15 is 0 Å². The van der Waals surface area contributed by atoms with Gasteiger partial charge < -0.3 is 10.6 Å². The van der Waals surface area contributed by atoms with Crippen LogP contribution in [0.15, 0.2) is 0 Å². The van der Waals surface area contributed by atoms with E-state index in [-0.39, 0.29) is 0 Å². The molecule has 3 nitrogen and oxygen atoms in total. The summed E-state index contributed by atoms with van der Waals surface area (Å²) >= 11 is 0. The molecule has 1 amide bonds. The summed E-state index contributed by atoms with van der Waals surface area (Å²) in [6.45, 7) is 10.2. The van der Waals surface area contributed by atoms with Crippen LogP contribution in [0.3, 0.4) is 0 Å². The molecule has 0 aromatic heterocycles. The maximum absolute atomic E-state index is 12.3. The lowest BCUT2D eigenvalue weighted by molar-refractivity contribution is -0.136. The van der Waals surface area contributed by atoms with Gasteiger partial charge in [-0.05, 0) is 37.0 Å². The number of hydrogen-bond acceptors (Lipinski definition) is 2. The van der Waals surface area contributed by atoms with E-state index in [1.165, 1.54) is 19.3 Å². The Kier molecular flexibility index (Phi) is 5.64. The largest absolute Gasteiger partial charge is 0.338 e. The van der Waals surface area contributed by atoms with E-state index in [1.54, 1.807) is 0 Å². The highest BCUT2D eigenvalue weighted by molar-refractivity contribution is 5.76. The monoisotopic (exact) mass is 254 g/mol. The molecule has 3 heteroatoms. The Bertz CT molecular complexity index is 266. The highest BCUT2D eigenvalue weighted by atomic mass is 16.2. The molecule has 0 heterocycles. The molecule has 0 saturated heterocycles. The van der Waals surface area contributed by atoms with Crippen molar-refractivity contribution in [3.63, 3.8) is 0 Å². The zero-order chi connectivity index (χ0) is 13.8. The van der Waals surface area contributed by atoms with Gasteiger partial charge in [-0.25, -0.2) is 0 Å². The van der Waals surface area contributed by atoms with E-state index in [2.05, 4.69) is 27.7 Å². The molecule has 1 fully saturated rings. The second kappa shape index (κ2) is 6.55. The van der Waals surface area contributed by atoms with E-state index in [9.17, 15) is 4.79 Å². The first kappa shape index (κ1) is 15.5. The second-order valence-corrected chi connectivity index (χ2v) is 7.03. The molecular formula is C15H30N2O. The standard InChI is InChI=1S/C15H30N2O/c1-12(11-15(2,3)4)10-14(18)17(9-8-16)13-6-5-7-13/h12-13H,5-11,16H2,1-4H3. The van der Waals surface area contributed by atoms with Crippen molar-refractivity contribution in [2.75, 3.05) is 13.1 Å². The second-order valence-electron chi connectivity index (χ2n) is 7.03. The predicted octanol–water partition coefficient (Wildman–Crippen LogP) is 2.79. The van der Waals surface area contributed by atoms with Gasteiger partial charge in [0.2, 0.25) is 5.91 Å².